The van der Waals surface area contributed by atoms with Crippen molar-refractivity contribution in [2.45, 2.75) is 13.0 Å². The second-order valence-electron chi connectivity index (χ2n) is 2.92. The predicted octanol–water partition coefficient (Wildman–Crippen LogP) is 0.980. The molecule has 0 aromatic carbocycles. The van der Waals surface area contributed by atoms with Gasteiger partial charge in [-0.15, -0.1) is 0 Å². The molecule has 62 valence electrons. The van der Waals surface area contributed by atoms with Gasteiger partial charge in [-0.1, -0.05) is 12.2 Å². The first-order chi connectivity index (χ1) is 5.25. The number of nitrogens with zero attached hydrogens (tertiary/aromatic N) is 1. The number of hydrogen-bond acceptors (Lipinski definition) is 2. The molecular weight excluding hydrogens is 136 g/mol. The SMILES string of the molecule is CNCC1=CC=CC(C)N1C. The molecule has 1 N–H and O–H groups in total. The fourth-order valence-electron chi connectivity index (χ4n) is 1.20. The highest BCUT2D eigenvalue weighted by Gasteiger charge is 2.10. The van der Waals surface area contributed by atoms with E-state index in [4.69, 9.17) is 0 Å². The minimum Gasteiger partial charge on any atom is -0.371 e. The molecule has 0 saturated carbocycles. The van der Waals surface area contributed by atoms with E-state index in [1.807, 2.05) is 7.05 Å². The summed E-state index contributed by atoms with van der Waals surface area (Å²) in [6.07, 6.45) is 6.47. The molecule has 0 spiro atoms. The van der Waals surface area contributed by atoms with E-state index in [-0.39, 0.29) is 0 Å². The summed E-state index contributed by atoms with van der Waals surface area (Å²) in [5.41, 5.74) is 1.35. The van der Waals surface area contributed by atoms with Crippen LogP contribution in [0.25, 0.3) is 0 Å². The molecule has 11 heavy (non-hydrogen) atoms. The van der Waals surface area contributed by atoms with Gasteiger partial charge in [0, 0.05) is 25.3 Å². The Morgan fingerprint density at radius 1 is 1.64 bits per heavy atom. The molecule has 2 nitrogen and oxygen atoms in total. The molecule has 1 unspecified atom stereocenters. The highest BCUT2D eigenvalue weighted by Crippen LogP contribution is 2.11. The molecule has 1 heterocycles. The van der Waals surface area contributed by atoms with Gasteiger partial charge in [0.2, 0.25) is 0 Å². The molecule has 0 radical (unpaired) electrons. The summed E-state index contributed by atoms with van der Waals surface area (Å²) < 4.78 is 0. The van der Waals surface area contributed by atoms with Gasteiger partial charge in [0.15, 0.2) is 0 Å². The van der Waals surface area contributed by atoms with Crippen molar-refractivity contribution in [2.24, 2.45) is 0 Å². The Kier molecular flexibility index (Phi) is 2.71. The molecule has 1 aliphatic heterocycles. The van der Waals surface area contributed by atoms with E-state index in [0.29, 0.717) is 6.04 Å². The first-order valence-electron chi connectivity index (χ1n) is 4.00. The number of hydrogen-bond donors (Lipinski definition) is 1. The maximum Gasteiger partial charge on any atom is 0.0442 e. The van der Waals surface area contributed by atoms with Gasteiger partial charge >= 0.3 is 0 Å². The van der Waals surface area contributed by atoms with E-state index in [2.05, 4.69) is 42.4 Å². The van der Waals surface area contributed by atoms with Crippen molar-refractivity contribution in [1.82, 2.24) is 10.2 Å². The first kappa shape index (κ1) is 8.34. The van der Waals surface area contributed by atoms with Crippen LogP contribution < -0.4 is 5.32 Å². The lowest BCUT2D eigenvalue weighted by Crippen LogP contribution is -2.32. The first-order valence-corrected chi connectivity index (χ1v) is 4.00. The normalized spacial score (nSPS) is 23.7. The maximum atomic E-state index is 3.14. The van der Waals surface area contributed by atoms with Crippen LogP contribution in [0.5, 0.6) is 0 Å². The monoisotopic (exact) mass is 152 g/mol. The van der Waals surface area contributed by atoms with Crippen LogP contribution in [0.2, 0.25) is 0 Å². The highest BCUT2D eigenvalue weighted by atomic mass is 15.1. The number of nitrogens with one attached hydrogen (secondary N) is 1. The molecule has 2 heteroatoms. The molecule has 0 aromatic rings. The minimum absolute atomic E-state index is 0.531. The lowest BCUT2D eigenvalue weighted by atomic mass is 10.1. The molecule has 0 amide bonds. The summed E-state index contributed by atoms with van der Waals surface area (Å²) in [6.45, 7) is 3.14. The van der Waals surface area contributed by atoms with Crippen molar-refractivity contribution in [3.8, 4) is 0 Å². The van der Waals surface area contributed by atoms with Crippen LogP contribution >= 0.6 is 0 Å². The Hall–Kier alpha value is -0.760. The number of allylic oxidation sites excluding steroid dienone is 2. The van der Waals surface area contributed by atoms with Crippen LogP contribution in [-0.4, -0.2) is 31.6 Å². The third-order valence-corrected chi connectivity index (χ3v) is 2.10. The second-order valence-corrected chi connectivity index (χ2v) is 2.92. The summed E-state index contributed by atoms with van der Waals surface area (Å²) in [5, 5.41) is 3.14. The Bertz CT molecular complexity index is 182. The fourth-order valence-corrected chi connectivity index (χ4v) is 1.20. The zero-order valence-corrected chi connectivity index (χ0v) is 7.46. The van der Waals surface area contributed by atoms with Crippen molar-refractivity contribution in [1.29, 1.82) is 0 Å². The van der Waals surface area contributed by atoms with Gasteiger partial charge in [-0.25, -0.2) is 0 Å². The third kappa shape index (κ3) is 1.84. The summed E-state index contributed by atoms with van der Waals surface area (Å²) in [4.78, 5) is 2.27. The maximum absolute atomic E-state index is 3.14. The average molecular weight is 152 g/mol. The summed E-state index contributed by atoms with van der Waals surface area (Å²) in [5.74, 6) is 0. The number of likely N-dealkylation sites (N-methyl/N-ethyl adjacent to an activating group) is 2. The van der Waals surface area contributed by atoms with Gasteiger partial charge in [0.05, 0.1) is 0 Å². The zero-order valence-electron chi connectivity index (χ0n) is 7.46. The Labute approximate surface area is 68.6 Å². The molecule has 1 aliphatic rings. The van der Waals surface area contributed by atoms with E-state index >= 15 is 0 Å². The molecule has 1 rings (SSSR count). The van der Waals surface area contributed by atoms with Crippen molar-refractivity contribution < 1.29 is 0 Å². The molecule has 1 atom stereocenters. The van der Waals surface area contributed by atoms with Gasteiger partial charge < -0.3 is 10.2 Å². The second kappa shape index (κ2) is 3.58. The molecular formula is C9H16N2. The van der Waals surface area contributed by atoms with E-state index in [1.54, 1.807) is 0 Å². The Morgan fingerprint density at radius 2 is 2.36 bits per heavy atom. The van der Waals surface area contributed by atoms with Crippen LogP contribution in [0.15, 0.2) is 23.9 Å². The minimum atomic E-state index is 0.531. The standard InChI is InChI=1S/C9H16N2/c1-8-5-4-6-9(7-10-2)11(8)3/h4-6,8,10H,7H2,1-3H3. The van der Waals surface area contributed by atoms with Crippen molar-refractivity contribution in [3.05, 3.63) is 23.9 Å². The van der Waals surface area contributed by atoms with Gasteiger partial charge in [-0.3, -0.25) is 0 Å². The largest absolute Gasteiger partial charge is 0.371 e. The lowest BCUT2D eigenvalue weighted by Gasteiger charge is -2.29. The van der Waals surface area contributed by atoms with Gasteiger partial charge in [-0.2, -0.15) is 0 Å². The average Bonchev–Trinajstić information content (AvgIpc) is 1.99. The quantitative estimate of drug-likeness (QED) is 0.634. The van der Waals surface area contributed by atoms with E-state index in [0.717, 1.165) is 6.54 Å². The van der Waals surface area contributed by atoms with E-state index in [1.165, 1.54) is 5.70 Å². The van der Waals surface area contributed by atoms with Crippen molar-refractivity contribution in [2.75, 3.05) is 20.6 Å². The third-order valence-electron chi connectivity index (χ3n) is 2.10. The summed E-state index contributed by atoms with van der Waals surface area (Å²) in [6, 6.07) is 0.531. The molecule has 0 saturated heterocycles. The smallest absolute Gasteiger partial charge is 0.0442 e. The highest BCUT2D eigenvalue weighted by molar-refractivity contribution is 5.20. The van der Waals surface area contributed by atoms with Gasteiger partial charge in [-0.05, 0) is 20.0 Å². The van der Waals surface area contributed by atoms with E-state index in [9.17, 15) is 0 Å². The fraction of sp³-hybridized carbons (Fsp3) is 0.556. The summed E-state index contributed by atoms with van der Waals surface area (Å²) in [7, 11) is 4.09. The molecule has 0 bridgehead atoms. The van der Waals surface area contributed by atoms with Crippen molar-refractivity contribution >= 4 is 0 Å². The van der Waals surface area contributed by atoms with Gasteiger partial charge in [0.1, 0.15) is 0 Å². The number of rotatable bonds is 2. The van der Waals surface area contributed by atoms with Crippen LogP contribution in [0.4, 0.5) is 0 Å². The lowest BCUT2D eigenvalue weighted by molar-refractivity contribution is 0.358. The predicted molar refractivity (Wildman–Crippen MR) is 48.4 cm³/mol. The Balaban J connectivity index is 2.62. The molecule has 0 fully saturated rings. The molecule has 0 aliphatic carbocycles. The topological polar surface area (TPSA) is 15.3 Å². The van der Waals surface area contributed by atoms with Crippen LogP contribution in [0, 0.1) is 0 Å². The van der Waals surface area contributed by atoms with Crippen LogP contribution in [0.1, 0.15) is 6.92 Å². The van der Waals surface area contributed by atoms with Crippen molar-refractivity contribution in [3.63, 3.8) is 0 Å². The Morgan fingerprint density at radius 3 is 3.00 bits per heavy atom. The van der Waals surface area contributed by atoms with Gasteiger partial charge in [0.25, 0.3) is 0 Å². The van der Waals surface area contributed by atoms with E-state index < -0.39 is 0 Å². The zero-order chi connectivity index (χ0) is 8.27. The van der Waals surface area contributed by atoms with Crippen LogP contribution in [-0.2, 0) is 0 Å². The van der Waals surface area contributed by atoms with Crippen LogP contribution in [0.3, 0.4) is 0 Å². The molecule has 0 aromatic heterocycles. The summed E-state index contributed by atoms with van der Waals surface area (Å²) >= 11 is 0.